The second-order valence-electron chi connectivity index (χ2n) is 11.6. The monoisotopic (exact) mass is 553 g/mol. The number of hydrogen-bond acceptors (Lipinski definition) is 6. The summed E-state index contributed by atoms with van der Waals surface area (Å²) in [5, 5.41) is 11.5. The molecule has 1 aromatic carbocycles. The largest absolute Gasteiger partial charge is 0.339 e. The lowest BCUT2D eigenvalue weighted by atomic mass is 10.1. The van der Waals surface area contributed by atoms with Crippen LogP contribution in [-0.2, 0) is 6.54 Å². The number of imidazole rings is 1. The lowest BCUT2D eigenvalue weighted by Gasteiger charge is -2.26. The number of piperidine rings is 1. The molecule has 9 heteroatoms. The van der Waals surface area contributed by atoms with Crippen molar-refractivity contribution < 1.29 is 9.72 Å². The summed E-state index contributed by atoms with van der Waals surface area (Å²) in [6.45, 7) is 14.3. The van der Waals surface area contributed by atoms with Crippen LogP contribution in [0.3, 0.4) is 0 Å². The summed E-state index contributed by atoms with van der Waals surface area (Å²) >= 11 is 1.15. The van der Waals surface area contributed by atoms with Crippen LogP contribution in [0.25, 0.3) is 21.7 Å². The number of benzene rings is 1. The van der Waals surface area contributed by atoms with Crippen LogP contribution in [0, 0.1) is 22.0 Å². The number of aromatic nitrogens is 2. The molecule has 0 unspecified atom stereocenters. The van der Waals surface area contributed by atoms with Crippen LogP contribution in [0.2, 0.25) is 0 Å². The van der Waals surface area contributed by atoms with E-state index in [9.17, 15) is 14.9 Å². The molecule has 2 aromatic heterocycles. The van der Waals surface area contributed by atoms with Crippen LogP contribution in [0.15, 0.2) is 30.3 Å². The Balaban J connectivity index is 1.65. The number of nitro groups is 1. The first-order chi connectivity index (χ1) is 18.7. The van der Waals surface area contributed by atoms with Gasteiger partial charge in [0.2, 0.25) is 0 Å². The summed E-state index contributed by atoms with van der Waals surface area (Å²) < 4.78 is 2.16. The van der Waals surface area contributed by atoms with E-state index in [1.165, 1.54) is 19.3 Å². The number of likely N-dealkylation sites (tertiary alicyclic amines) is 1. The highest BCUT2D eigenvalue weighted by Gasteiger charge is 2.22. The molecule has 212 valence electrons. The van der Waals surface area contributed by atoms with Gasteiger partial charge in [0.05, 0.1) is 20.8 Å². The Morgan fingerprint density at radius 1 is 1.03 bits per heavy atom. The van der Waals surface area contributed by atoms with E-state index >= 15 is 0 Å². The summed E-state index contributed by atoms with van der Waals surface area (Å²) in [5.74, 6) is 1.86. The first kappa shape index (κ1) is 29.2. The SMILES string of the molecule is CC(C)CCN(CCC(C)C)C(=O)c1ccc2nc(-c3ccc([N+](=O)[O-])s3)n(CCCN3CCCCC3)c2c1. The number of carbonyl (C=O) groups is 1. The zero-order valence-corrected chi connectivity index (χ0v) is 24.7. The molecule has 0 spiro atoms. The van der Waals surface area contributed by atoms with Crippen molar-refractivity contribution in [1.82, 2.24) is 19.4 Å². The van der Waals surface area contributed by atoms with Crippen molar-refractivity contribution in [2.24, 2.45) is 11.8 Å². The van der Waals surface area contributed by atoms with Gasteiger partial charge in [-0.3, -0.25) is 14.9 Å². The maximum Gasteiger partial charge on any atom is 0.324 e. The molecular weight excluding hydrogens is 510 g/mol. The van der Waals surface area contributed by atoms with Gasteiger partial charge in [0.25, 0.3) is 5.91 Å². The Morgan fingerprint density at radius 3 is 2.33 bits per heavy atom. The highest BCUT2D eigenvalue weighted by Crippen LogP contribution is 2.34. The molecule has 8 nitrogen and oxygen atoms in total. The average molecular weight is 554 g/mol. The highest BCUT2D eigenvalue weighted by atomic mass is 32.1. The molecule has 0 atom stereocenters. The number of aryl methyl sites for hydroxylation is 1. The molecule has 3 heterocycles. The zero-order valence-electron chi connectivity index (χ0n) is 23.9. The van der Waals surface area contributed by atoms with Crippen LogP contribution >= 0.6 is 11.3 Å². The number of rotatable bonds is 13. The van der Waals surface area contributed by atoms with E-state index in [2.05, 4.69) is 37.2 Å². The summed E-state index contributed by atoms with van der Waals surface area (Å²) in [4.78, 5) is 34.9. The highest BCUT2D eigenvalue weighted by molar-refractivity contribution is 7.18. The average Bonchev–Trinajstić information content (AvgIpc) is 3.54. The molecule has 1 aliphatic rings. The number of carbonyl (C=O) groups excluding carboxylic acids is 1. The van der Waals surface area contributed by atoms with Gasteiger partial charge < -0.3 is 14.4 Å². The third-order valence-corrected chi connectivity index (χ3v) is 8.56. The van der Waals surface area contributed by atoms with Crippen molar-refractivity contribution in [1.29, 1.82) is 0 Å². The van der Waals surface area contributed by atoms with E-state index < -0.39 is 0 Å². The second-order valence-corrected chi connectivity index (χ2v) is 12.7. The van der Waals surface area contributed by atoms with Crippen molar-refractivity contribution in [3.05, 3.63) is 46.0 Å². The molecule has 0 aliphatic carbocycles. The topological polar surface area (TPSA) is 84.5 Å². The number of thiophene rings is 1. The van der Waals surface area contributed by atoms with Gasteiger partial charge in [-0.05, 0) is 87.8 Å². The third kappa shape index (κ3) is 7.66. The number of fused-ring (bicyclic) bond motifs is 1. The Labute approximate surface area is 236 Å². The minimum atomic E-state index is -0.350. The number of amides is 1. The Kier molecular flexibility index (Phi) is 10.1. The predicted molar refractivity (Wildman–Crippen MR) is 159 cm³/mol. The predicted octanol–water partition coefficient (Wildman–Crippen LogP) is 7.08. The number of hydrogen-bond donors (Lipinski definition) is 0. The van der Waals surface area contributed by atoms with Gasteiger partial charge in [-0.2, -0.15) is 0 Å². The van der Waals surface area contributed by atoms with Crippen LogP contribution in [0.1, 0.15) is 76.6 Å². The van der Waals surface area contributed by atoms with Crippen molar-refractivity contribution in [3.8, 4) is 10.7 Å². The molecule has 0 radical (unpaired) electrons. The molecule has 0 bridgehead atoms. The summed E-state index contributed by atoms with van der Waals surface area (Å²) in [6, 6.07) is 9.13. The second kappa shape index (κ2) is 13.5. The minimum Gasteiger partial charge on any atom is -0.339 e. The molecule has 0 N–H and O–H groups in total. The standard InChI is InChI=1S/C30H43N5O3S/c1-22(2)13-19-33(20-14-23(3)4)30(36)24-9-10-25-26(21-24)34(18-8-17-32-15-6-5-7-16-32)29(31-25)27-11-12-28(39-27)35(37)38/h9-12,21-23H,5-8,13-20H2,1-4H3. The smallest absolute Gasteiger partial charge is 0.324 e. The Hall–Kier alpha value is -2.78. The van der Waals surface area contributed by atoms with Gasteiger partial charge >= 0.3 is 5.00 Å². The van der Waals surface area contributed by atoms with Gasteiger partial charge in [-0.1, -0.05) is 45.5 Å². The van der Waals surface area contributed by atoms with E-state index in [0.717, 1.165) is 91.6 Å². The van der Waals surface area contributed by atoms with E-state index in [1.54, 1.807) is 12.1 Å². The van der Waals surface area contributed by atoms with Crippen molar-refractivity contribution in [3.63, 3.8) is 0 Å². The van der Waals surface area contributed by atoms with Gasteiger partial charge in [-0.25, -0.2) is 4.98 Å². The molecule has 4 rings (SSSR count). The maximum atomic E-state index is 13.7. The molecule has 0 saturated carbocycles. The van der Waals surface area contributed by atoms with Gasteiger partial charge in [0.1, 0.15) is 0 Å². The fourth-order valence-corrected chi connectivity index (χ4v) is 6.00. The summed E-state index contributed by atoms with van der Waals surface area (Å²) in [6.07, 6.45) is 6.73. The molecule has 39 heavy (non-hydrogen) atoms. The first-order valence-electron chi connectivity index (χ1n) is 14.5. The minimum absolute atomic E-state index is 0.0626. The van der Waals surface area contributed by atoms with E-state index in [4.69, 9.17) is 4.98 Å². The van der Waals surface area contributed by atoms with E-state index in [0.29, 0.717) is 17.4 Å². The fraction of sp³-hybridized carbons (Fsp3) is 0.600. The normalized spacial score (nSPS) is 14.5. The third-order valence-electron chi connectivity index (χ3n) is 7.53. The Morgan fingerprint density at radius 2 is 1.72 bits per heavy atom. The molecule has 1 fully saturated rings. The van der Waals surface area contributed by atoms with Crippen molar-refractivity contribution in [2.45, 2.75) is 72.8 Å². The van der Waals surface area contributed by atoms with Crippen LogP contribution in [-0.4, -0.2) is 62.9 Å². The van der Waals surface area contributed by atoms with E-state index in [-0.39, 0.29) is 15.8 Å². The van der Waals surface area contributed by atoms with Crippen molar-refractivity contribution >= 4 is 33.3 Å². The van der Waals surface area contributed by atoms with Crippen LogP contribution < -0.4 is 0 Å². The molecule has 1 aliphatic heterocycles. The molecule has 3 aromatic rings. The van der Waals surface area contributed by atoms with Crippen LogP contribution in [0.4, 0.5) is 5.00 Å². The molecule has 1 saturated heterocycles. The maximum absolute atomic E-state index is 13.7. The van der Waals surface area contributed by atoms with Gasteiger partial charge in [0.15, 0.2) is 5.82 Å². The van der Waals surface area contributed by atoms with Gasteiger partial charge in [-0.15, -0.1) is 0 Å². The summed E-state index contributed by atoms with van der Waals surface area (Å²) in [7, 11) is 0. The lowest BCUT2D eigenvalue weighted by Crippen LogP contribution is -2.34. The molecule has 1 amide bonds. The summed E-state index contributed by atoms with van der Waals surface area (Å²) in [5.41, 5.74) is 2.40. The van der Waals surface area contributed by atoms with Crippen LogP contribution in [0.5, 0.6) is 0 Å². The fourth-order valence-electron chi connectivity index (χ4n) is 5.18. The number of nitrogens with zero attached hydrogens (tertiary/aromatic N) is 5. The van der Waals surface area contributed by atoms with E-state index in [1.807, 2.05) is 23.1 Å². The zero-order chi connectivity index (χ0) is 27.9. The lowest BCUT2D eigenvalue weighted by molar-refractivity contribution is -0.380. The quantitative estimate of drug-likeness (QED) is 0.167. The first-order valence-corrected chi connectivity index (χ1v) is 15.3. The Bertz CT molecular complexity index is 1250. The van der Waals surface area contributed by atoms with Crippen molar-refractivity contribution in [2.75, 3.05) is 32.7 Å². The van der Waals surface area contributed by atoms with Gasteiger partial charge in [0, 0.05) is 31.3 Å². The molecular formula is C30H43N5O3S.